The number of aromatic nitrogens is 1. The minimum atomic E-state index is -3.30. The summed E-state index contributed by atoms with van der Waals surface area (Å²) in [6.45, 7) is 1.51. The minimum absolute atomic E-state index is 0.175. The first-order chi connectivity index (χ1) is 14.9. The van der Waals surface area contributed by atoms with Gasteiger partial charge in [-0.15, -0.1) is 0 Å². The van der Waals surface area contributed by atoms with Crippen molar-refractivity contribution < 1.29 is 18.0 Å². The van der Waals surface area contributed by atoms with Gasteiger partial charge in [-0.25, -0.2) is 13.4 Å². The number of benzene rings is 1. The van der Waals surface area contributed by atoms with Gasteiger partial charge in [0.25, 0.3) is 11.8 Å². The number of hydrazone groups is 1. The smallest absolute Gasteiger partial charge is 0.278 e. The molecule has 4 rings (SSSR count). The molecule has 11 heteroatoms. The van der Waals surface area contributed by atoms with Gasteiger partial charge in [-0.05, 0) is 37.8 Å². The summed E-state index contributed by atoms with van der Waals surface area (Å²) in [5.74, 6) is -0.751. The van der Waals surface area contributed by atoms with Gasteiger partial charge in [0, 0.05) is 25.7 Å². The number of amides is 2. The molecule has 0 radical (unpaired) electrons. The van der Waals surface area contributed by atoms with Gasteiger partial charge in [-0.2, -0.15) is 5.10 Å². The molecule has 9 nitrogen and oxygen atoms in total. The second kappa shape index (κ2) is 8.75. The fourth-order valence-electron chi connectivity index (χ4n) is 3.27. The zero-order chi connectivity index (χ0) is 22.0. The van der Waals surface area contributed by atoms with Crippen molar-refractivity contribution in [3.05, 3.63) is 40.9 Å². The minimum Gasteiger partial charge on any atom is -0.354 e. The molecule has 0 atom stereocenters. The van der Waals surface area contributed by atoms with Crippen molar-refractivity contribution in [2.75, 3.05) is 25.5 Å². The Morgan fingerprint density at radius 1 is 1.16 bits per heavy atom. The van der Waals surface area contributed by atoms with Crippen molar-refractivity contribution >= 4 is 43.8 Å². The van der Waals surface area contributed by atoms with Crippen LogP contribution in [0, 0.1) is 0 Å². The van der Waals surface area contributed by atoms with E-state index in [1.807, 2.05) is 5.01 Å². The number of thiazole rings is 1. The monoisotopic (exact) mass is 461 g/mol. The van der Waals surface area contributed by atoms with Crippen molar-refractivity contribution in [3.63, 3.8) is 0 Å². The fourth-order valence-corrected chi connectivity index (χ4v) is 5.68. The van der Waals surface area contributed by atoms with Gasteiger partial charge in [-0.3, -0.25) is 19.9 Å². The molecule has 2 amide bonds. The van der Waals surface area contributed by atoms with Crippen LogP contribution in [0.3, 0.4) is 0 Å². The summed E-state index contributed by atoms with van der Waals surface area (Å²) >= 11 is 1.06. The van der Waals surface area contributed by atoms with Crippen LogP contribution in [0.2, 0.25) is 0 Å². The Balaban J connectivity index is 1.59. The van der Waals surface area contributed by atoms with Crippen LogP contribution in [-0.4, -0.2) is 61.3 Å². The molecule has 1 aromatic heterocycles. The van der Waals surface area contributed by atoms with Crippen LogP contribution < -0.4 is 10.6 Å². The highest BCUT2D eigenvalue weighted by molar-refractivity contribution is 7.92. The summed E-state index contributed by atoms with van der Waals surface area (Å²) in [6.07, 6.45) is 4.78. The maximum atomic E-state index is 13.0. The third kappa shape index (κ3) is 4.77. The van der Waals surface area contributed by atoms with E-state index in [4.69, 9.17) is 0 Å². The second-order valence-corrected chi connectivity index (χ2v) is 10.7. The van der Waals surface area contributed by atoms with Gasteiger partial charge in [-0.1, -0.05) is 23.5 Å². The van der Waals surface area contributed by atoms with E-state index in [-0.39, 0.29) is 26.9 Å². The molecule has 1 saturated heterocycles. The molecule has 0 unspecified atom stereocenters. The molecule has 2 fully saturated rings. The molecule has 31 heavy (non-hydrogen) atoms. The van der Waals surface area contributed by atoms with E-state index >= 15 is 0 Å². The second-order valence-electron chi connectivity index (χ2n) is 7.44. The molecule has 1 aromatic carbocycles. The Hall–Kier alpha value is -2.79. The molecule has 2 heterocycles. The summed E-state index contributed by atoms with van der Waals surface area (Å²) in [6, 6.07) is 6.29. The first kappa shape index (κ1) is 21.4. The Morgan fingerprint density at radius 3 is 2.45 bits per heavy atom. The van der Waals surface area contributed by atoms with Crippen LogP contribution in [0.1, 0.15) is 40.9 Å². The molecule has 1 saturated carbocycles. The van der Waals surface area contributed by atoms with Crippen LogP contribution in [0.15, 0.2) is 40.5 Å². The molecule has 1 aliphatic heterocycles. The first-order valence-electron chi connectivity index (χ1n) is 10.1. The lowest BCUT2D eigenvalue weighted by Crippen LogP contribution is -2.27. The number of nitrogens with zero attached hydrogens (tertiary/aromatic N) is 3. The van der Waals surface area contributed by atoms with Gasteiger partial charge in [0.15, 0.2) is 20.7 Å². The number of nitrogens with one attached hydrogen (secondary N) is 2. The Morgan fingerprint density at radius 2 is 1.84 bits per heavy atom. The molecular weight excluding hydrogens is 438 g/mol. The van der Waals surface area contributed by atoms with E-state index in [9.17, 15) is 18.0 Å². The van der Waals surface area contributed by atoms with Crippen molar-refractivity contribution in [1.29, 1.82) is 0 Å². The lowest BCUT2D eigenvalue weighted by atomic mass is 10.1. The van der Waals surface area contributed by atoms with Crippen LogP contribution in [-0.2, 0) is 14.6 Å². The Bertz CT molecular complexity index is 1110. The van der Waals surface area contributed by atoms with Crippen LogP contribution in [0.25, 0.3) is 0 Å². The lowest BCUT2D eigenvalue weighted by molar-refractivity contribution is -0.110. The molecule has 164 valence electrons. The fraction of sp³-hybridized carbons (Fsp3) is 0.400. The third-order valence-corrected chi connectivity index (χ3v) is 8.33. The molecule has 2 aliphatic rings. The van der Waals surface area contributed by atoms with E-state index in [0.29, 0.717) is 23.3 Å². The number of hydrogen-bond donors (Lipinski definition) is 2. The van der Waals surface area contributed by atoms with Crippen LogP contribution in [0.4, 0.5) is 5.13 Å². The van der Waals surface area contributed by atoms with Gasteiger partial charge >= 0.3 is 0 Å². The first-order valence-corrected chi connectivity index (χ1v) is 12.4. The van der Waals surface area contributed by atoms with Crippen LogP contribution >= 0.6 is 11.3 Å². The molecular formula is C20H23N5O4S2. The lowest BCUT2D eigenvalue weighted by Gasteiger charge is -2.14. The van der Waals surface area contributed by atoms with Crippen molar-refractivity contribution in [3.8, 4) is 0 Å². The zero-order valence-corrected chi connectivity index (χ0v) is 18.6. The number of anilines is 1. The standard InChI is InChI=1S/C20H23N5O4S2/c1-21-18(26)16-12-22-20(30-16)23-19(27)17(24-25-10-2-3-11-25)13-4-6-14(7-5-13)31(28,29)15-8-9-15/h4-7,12,15H,2-3,8-11H2,1H3,(H,21,26)(H,22,23,27). The van der Waals surface area contributed by atoms with Gasteiger partial charge in [0.05, 0.1) is 16.3 Å². The summed E-state index contributed by atoms with van der Waals surface area (Å²) in [7, 11) is -1.78. The molecule has 2 aromatic rings. The number of carbonyl (C=O) groups excluding carboxylic acids is 2. The van der Waals surface area contributed by atoms with Gasteiger partial charge < -0.3 is 5.32 Å². The predicted molar refractivity (Wildman–Crippen MR) is 118 cm³/mol. The summed E-state index contributed by atoms with van der Waals surface area (Å²) in [5.41, 5.74) is 0.691. The van der Waals surface area contributed by atoms with Gasteiger partial charge in [0.2, 0.25) is 0 Å². The SMILES string of the molecule is CNC(=O)c1cnc(NC(=O)C(=NN2CCCC2)c2ccc(S(=O)(=O)C3CC3)cc2)s1. The Kier molecular flexibility index (Phi) is 6.05. The maximum Gasteiger partial charge on any atom is 0.278 e. The zero-order valence-electron chi connectivity index (χ0n) is 17.0. The number of rotatable bonds is 7. The maximum absolute atomic E-state index is 13.0. The molecule has 0 bridgehead atoms. The highest BCUT2D eigenvalue weighted by Gasteiger charge is 2.36. The average molecular weight is 462 g/mol. The third-order valence-electron chi connectivity index (χ3n) is 5.14. The molecule has 1 aliphatic carbocycles. The Labute approximate surface area is 184 Å². The summed E-state index contributed by atoms with van der Waals surface area (Å²) in [5, 5.41) is 11.6. The van der Waals surface area contributed by atoms with E-state index in [0.717, 1.165) is 37.3 Å². The largest absolute Gasteiger partial charge is 0.354 e. The predicted octanol–water partition coefficient (Wildman–Crippen LogP) is 1.88. The van der Waals surface area contributed by atoms with Crippen LogP contribution in [0.5, 0.6) is 0 Å². The van der Waals surface area contributed by atoms with Crippen molar-refractivity contribution in [1.82, 2.24) is 15.3 Å². The number of sulfone groups is 1. The van der Waals surface area contributed by atoms with E-state index in [1.165, 1.54) is 25.4 Å². The number of hydrogen-bond acceptors (Lipinski definition) is 8. The van der Waals surface area contributed by atoms with E-state index < -0.39 is 15.7 Å². The highest BCUT2D eigenvalue weighted by Crippen LogP contribution is 2.33. The summed E-state index contributed by atoms with van der Waals surface area (Å²) in [4.78, 5) is 29.5. The topological polar surface area (TPSA) is 121 Å². The van der Waals surface area contributed by atoms with E-state index in [2.05, 4.69) is 20.7 Å². The average Bonchev–Trinajstić information content (AvgIpc) is 3.33. The number of carbonyl (C=O) groups is 2. The van der Waals surface area contributed by atoms with E-state index in [1.54, 1.807) is 12.1 Å². The molecule has 2 N–H and O–H groups in total. The highest BCUT2D eigenvalue weighted by atomic mass is 32.2. The van der Waals surface area contributed by atoms with Crippen molar-refractivity contribution in [2.45, 2.75) is 35.8 Å². The quantitative estimate of drug-likeness (QED) is 0.608. The molecule has 0 spiro atoms. The van der Waals surface area contributed by atoms with Gasteiger partial charge in [0.1, 0.15) is 4.88 Å². The summed E-state index contributed by atoms with van der Waals surface area (Å²) < 4.78 is 24.9. The normalized spacial score (nSPS) is 16.9. The van der Waals surface area contributed by atoms with Crippen molar-refractivity contribution in [2.24, 2.45) is 5.10 Å².